The highest BCUT2D eigenvalue weighted by molar-refractivity contribution is 5.95. The van der Waals surface area contributed by atoms with E-state index in [0.717, 1.165) is 18.4 Å². The summed E-state index contributed by atoms with van der Waals surface area (Å²) in [6.07, 6.45) is 5.38. The number of ether oxygens (including phenoxy) is 2. The Balaban J connectivity index is 1.51. The van der Waals surface area contributed by atoms with Gasteiger partial charge in [0.05, 0.1) is 31.5 Å². The summed E-state index contributed by atoms with van der Waals surface area (Å²) in [5.74, 6) is 1.36. The second-order valence-electron chi connectivity index (χ2n) is 7.75. The lowest BCUT2D eigenvalue weighted by molar-refractivity contribution is -0.146. The lowest BCUT2D eigenvalue weighted by atomic mass is 9.78. The minimum absolute atomic E-state index is 0.0741. The van der Waals surface area contributed by atoms with Gasteiger partial charge < -0.3 is 23.7 Å². The summed E-state index contributed by atoms with van der Waals surface area (Å²) in [4.78, 5) is 29.8. The molecule has 2 fully saturated rings. The average molecular weight is 398 g/mol. The monoisotopic (exact) mass is 398 g/mol. The maximum atomic E-state index is 13.5. The van der Waals surface area contributed by atoms with E-state index in [2.05, 4.69) is 0 Å². The topological polar surface area (TPSA) is 72.2 Å². The van der Waals surface area contributed by atoms with E-state index in [-0.39, 0.29) is 11.8 Å². The highest BCUT2D eigenvalue weighted by Gasteiger charge is 2.49. The molecule has 2 aliphatic heterocycles. The minimum atomic E-state index is -0.496. The van der Waals surface area contributed by atoms with Gasteiger partial charge in [0.15, 0.2) is 11.5 Å². The van der Waals surface area contributed by atoms with Crippen LogP contribution in [0.4, 0.5) is 0 Å². The average Bonchev–Trinajstić information content (AvgIpc) is 3.42. The zero-order valence-electron chi connectivity index (χ0n) is 16.8. The molecule has 7 nitrogen and oxygen atoms in total. The number of piperidine rings is 1. The van der Waals surface area contributed by atoms with E-state index >= 15 is 0 Å². The molecular formula is C22H26N2O5. The first-order valence-electron chi connectivity index (χ1n) is 9.89. The van der Waals surface area contributed by atoms with Gasteiger partial charge in [-0.2, -0.15) is 0 Å². The number of hydrogen-bond acceptors (Lipinski definition) is 5. The molecule has 0 bridgehead atoms. The summed E-state index contributed by atoms with van der Waals surface area (Å²) in [5, 5.41) is 0. The van der Waals surface area contributed by atoms with Crippen molar-refractivity contribution in [1.29, 1.82) is 0 Å². The molecule has 1 aromatic heterocycles. The van der Waals surface area contributed by atoms with Gasteiger partial charge in [0.1, 0.15) is 6.26 Å². The first-order valence-corrected chi connectivity index (χ1v) is 9.89. The number of methoxy groups -OCH3 is 2. The van der Waals surface area contributed by atoms with Gasteiger partial charge in [0.2, 0.25) is 5.91 Å². The van der Waals surface area contributed by atoms with Crippen LogP contribution in [0.5, 0.6) is 11.5 Å². The van der Waals surface area contributed by atoms with Gasteiger partial charge >= 0.3 is 0 Å². The van der Waals surface area contributed by atoms with E-state index in [1.165, 1.54) is 12.5 Å². The largest absolute Gasteiger partial charge is 0.493 e. The molecule has 0 aliphatic carbocycles. The third-order valence-corrected chi connectivity index (χ3v) is 6.08. The molecule has 0 N–H and O–H groups in total. The zero-order chi connectivity index (χ0) is 20.4. The number of likely N-dealkylation sites (tertiary alicyclic amines) is 2. The first-order chi connectivity index (χ1) is 14.1. The van der Waals surface area contributed by atoms with Gasteiger partial charge in [-0.3, -0.25) is 9.59 Å². The fraction of sp³-hybridized carbons (Fsp3) is 0.455. The molecule has 0 radical (unpaired) electrons. The second-order valence-corrected chi connectivity index (χ2v) is 7.75. The lowest BCUT2D eigenvalue weighted by Crippen LogP contribution is -2.50. The number of para-hydroxylation sites is 1. The van der Waals surface area contributed by atoms with Crippen molar-refractivity contribution in [3.05, 3.63) is 47.9 Å². The van der Waals surface area contributed by atoms with E-state index in [1.807, 2.05) is 23.1 Å². The minimum Gasteiger partial charge on any atom is -0.493 e. The standard InChI is InChI=1S/C22H26N2O5/c1-27-18-6-3-5-16(19(18)28-2)13-23-10-4-8-22(21(23)26)9-11-24(15-22)20(25)17-7-12-29-14-17/h3,5-7,12,14H,4,8-11,13,15H2,1-2H3/t22-/m1/s1. The maximum Gasteiger partial charge on any atom is 0.257 e. The highest BCUT2D eigenvalue weighted by Crippen LogP contribution is 2.41. The Morgan fingerprint density at radius 3 is 2.76 bits per heavy atom. The summed E-state index contributed by atoms with van der Waals surface area (Å²) in [5.41, 5.74) is 0.953. The highest BCUT2D eigenvalue weighted by atomic mass is 16.5. The summed E-state index contributed by atoms with van der Waals surface area (Å²) in [6.45, 7) is 2.22. The Kier molecular flexibility index (Phi) is 5.22. The van der Waals surface area contributed by atoms with Crippen LogP contribution < -0.4 is 9.47 Å². The van der Waals surface area contributed by atoms with Gasteiger partial charge in [0, 0.05) is 31.7 Å². The van der Waals surface area contributed by atoms with E-state index in [9.17, 15) is 9.59 Å². The van der Waals surface area contributed by atoms with Crippen LogP contribution >= 0.6 is 0 Å². The number of carbonyl (C=O) groups is 2. The van der Waals surface area contributed by atoms with Crippen LogP contribution in [0, 0.1) is 5.41 Å². The third-order valence-electron chi connectivity index (χ3n) is 6.08. The summed E-state index contributed by atoms with van der Waals surface area (Å²) in [6, 6.07) is 7.37. The van der Waals surface area contributed by atoms with Crippen molar-refractivity contribution in [3.63, 3.8) is 0 Å². The fourth-order valence-electron chi connectivity index (χ4n) is 4.58. The number of benzene rings is 1. The normalized spacial score (nSPS) is 21.7. The van der Waals surface area contributed by atoms with Gasteiger partial charge in [-0.1, -0.05) is 12.1 Å². The van der Waals surface area contributed by atoms with Crippen molar-refractivity contribution in [2.45, 2.75) is 25.8 Å². The van der Waals surface area contributed by atoms with E-state index in [4.69, 9.17) is 13.9 Å². The smallest absolute Gasteiger partial charge is 0.257 e. The second kappa shape index (κ2) is 7.81. The lowest BCUT2D eigenvalue weighted by Gasteiger charge is -2.39. The molecule has 4 rings (SSSR count). The number of carbonyl (C=O) groups excluding carboxylic acids is 2. The number of furan rings is 1. The Bertz CT molecular complexity index is 895. The molecule has 2 saturated heterocycles. The molecular weight excluding hydrogens is 372 g/mol. The third kappa shape index (κ3) is 3.45. The molecule has 1 aromatic carbocycles. The quantitative estimate of drug-likeness (QED) is 0.774. The van der Waals surface area contributed by atoms with Crippen molar-refractivity contribution in [3.8, 4) is 11.5 Å². The molecule has 2 aliphatic rings. The van der Waals surface area contributed by atoms with Crippen molar-refractivity contribution < 1.29 is 23.5 Å². The van der Waals surface area contributed by atoms with Crippen molar-refractivity contribution in [2.24, 2.45) is 5.41 Å². The van der Waals surface area contributed by atoms with Crippen LogP contribution in [0.1, 0.15) is 35.2 Å². The Morgan fingerprint density at radius 2 is 2.03 bits per heavy atom. The predicted octanol–water partition coefficient (Wildman–Crippen LogP) is 2.95. The fourth-order valence-corrected chi connectivity index (χ4v) is 4.58. The van der Waals surface area contributed by atoms with Crippen LogP contribution in [-0.4, -0.2) is 55.5 Å². The zero-order valence-corrected chi connectivity index (χ0v) is 16.8. The first kappa shape index (κ1) is 19.4. The van der Waals surface area contributed by atoms with E-state index in [0.29, 0.717) is 49.7 Å². The molecule has 0 saturated carbocycles. The van der Waals surface area contributed by atoms with Crippen molar-refractivity contribution >= 4 is 11.8 Å². The van der Waals surface area contributed by atoms with Gasteiger partial charge in [0.25, 0.3) is 5.91 Å². The number of nitrogens with zero attached hydrogens (tertiary/aromatic N) is 2. The van der Waals surface area contributed by atoms with Gasteiger partial charge in [-0.05, 0) is 31.4 Å². The summed E-state index contributed by atoms with van der Waals surface area (Å²) >= 11 is 0. The van der Waals surface area contributed by atoms with Gasteiger partial charge in [-0.15, -0.1) is 0 Å². The molecule has 154 valence electrons. The molecule has 3 heterocycles. The number of rotatable bonds is 5. The molecule has 1 atom stereocenters. The van der Waals surface area contributed by atoms with E-state index < -0.39 is 5.41 Å². The molecule has 7 heteroatoms. The maximum absolute atomic E-state index is 13.5. The summed E-state index contributed by atoms with van der Waals surface area (Å²) < 4.78 is 15.9. The molecule has 1 spiro atoms. The number of amides is 2. The molecule has 2 amide bonds. The van der Waals surface area contributed by atoms with Crippen LogP contribution in [0.15, 0.2) is 41.2 Å². The summed E-state index contributed by atoms with van der Waals surface area (Å²) in [7, 11) is 3.21. The number of hydrogen-bond donors (Lipinski definition) is 0. The Hall–Kier alpha value is -2.96. The molecule has 0 unspecified atom stereocenters. The van der Waals surface area contributed by atoms with Crippen LogP contribution in [-0.2, 0) is 11.3 Å². The molecule has 29 heavy (non-hydrogen) atoms. The van der Waals surface area contributed by atoms with Crippen LogP contribution in [0.3, 0.4) is 0 Å². The predicted molar refractivity (Wildman–Crippen MR) is 106 cm³/mol. The van der Waals surface area contributed by atoms with Crippen molar-refractivity contribution in [1.82, 2.24) is 9.80 Å². The molecule has 2 aromatic rings. The Labute approximate surface area is 170 Å². The SMILES string of the molecule is COc1cccc(CN2CCC[C@]3(CCN(C(=O)c4ccoc4)C3)C2=O)c1OC. The van der Waals surface area contributed by atoms with E-state index in [1.54, 1.807) is 25.2 Å². The van der Waals surface area contributed by atoms with Crippen molar-refractivity contribution in [2.75, 3.05) is 33.9 Å². The van der Waals surface area contributed by atoms with Gasteiger partial charge in [-0.25, -0.2) is 0 Å². The Morgan fingerprint density at radius 1 is 1.17 bits per heavy atom. The van der Waals surface area contributed by atoms with Crippen LogP contribution in [0.25, 0.3) is 0 Å². The van der Waals surface area contributed by atoms with Crippen LogP contribution in [0.2, 0.25) is 0 Å².